The summed E-state index contributed by atoms with van der Waals surface area (Å²) in [7, 11) is 0. The molecule has 0 radical (unpaired) electrons. The van der Waals surface area contributed by atoms with Gasteiger partial charge in [0.2, 0.25) is 0 Å². The summed E-state index contributed by atoms with van der Waals surface area (Å²) in [6.07, 6.45) is -0.384. The van der Waals surface area contributed by atoms with Crippen molar-refractivity contribution in [2.45, 2.75) is 13.0 Å². The second kappa shape index (κ2) is 4.48. The van der Waals surface area contributed by atoms with E-state index in [1.54, 1.807) is 19.1 Å². The van der Waals surface area contributed by atoms with Crippen LogP contribution in [0.25, 0.3) is 0 Å². The van der Waals surface area contributed by atoms with Gasteiger partial charge in [0.05, 0.1) is 17.7 Å². The summed E-state index contributed by atoms with van der Waals surface area (Å²) in [5, 5.41) is 20.6. The Hall–Kier alpha value is -1.53. The first-order valence-electron chi connectivity index (χ1n) is 4.14. The number of nitriles is 1. The maximum absolute atomic E-state index is 9.01. The lowest BCUT2D eigenvalue weighted by atomic mass is 10.2. The van der Waals surface area contributed by atoms with Gasteiger partial charge in [-0.05, 0) is 25.1 Å². The predicted octanol–water partition coefficient (Wildman–Crippen LogP) is 1.35. The minimum absolute atomic E-state index is 0.384. The fourth-order valence-electron chi connectivity index (χ4n) is 0.964. The van der Waals surface area contributed by atoms with E-state index in [-0.39, 0.29) is 6.10 Å². The molecule has 0 amide bonds. The van der Waals surface area contributed by atoms with Crippen LogP contribution in [0.4, 0.5) is 5.69 Å². The van der Waals surface area contributed by atoms with E-state index in [0.717, 1.165) is 5.69 Å². The van der Waals surface area contributed by atoms with Crippen LogP contribution in [0, 0.1) is 11.3 Å². The Morgan fingerprint density at radius 3 is 3.00 bits per heavy atom. The molecule has 2 N–H and O–H groups in total. The van der Waals surface area contributed by atoms with Crippen LogP contribution < -0.4 is 5.32 Å². The maximum Gasteiger partial charge on any atom is 0.0992 e. The van der Waals surface area contributed by atoms with Crippen LogP contribution in [-0.2, 0) is 0 Å². The molecule has 68 valence electrons. The van der Waals surface area contributed by atoms with Crippen molar-refractivity contribution in [3.05, 3.63) is 29.8 Å². The summed E-state index contributed by atoms with van der Waals surface area (Å²) in [5.74, 6) is 0. The summed E-state index contributed by atoms with van der Waals surface area (Å²) in [5.41, 5.74) is 1.48. The van der Waals surface area contributed by atoms with Gasteiger partial charge in [0.15, 0.2) is 0 Å². The summed E-state index contributed by atoms with van der Waals surface area (Å²) < 4.78 is 0. The quantitative estimate of drug-likeness (QED) is 0.731. The Morgan fingerprint density at radius 2 is 2.38 bits per heavy atom. The molecule has 1 atom stereocenters. The maximum atomic E-state index is 9.01. The third-order valence-electron chi connectivity index (χ3n) is 1.59. The molecule has 0 spiro atoms. The summed E-state index contributed by atoms with van der Waals surface area (Å²) in [6, 6.07) is 9.22. The van der Waals surface area contributed by atoms with Crippen molar-refractivity contribution in [3.8, 4) is 6.07 Å². The molecule has 13 heavy (non-hydrogen) atoms. The van der Waals surface area contributed by atoms with Crippen LogP contribution in [0.15, 0.2) is 24.3 Å². The van der Waals surface area contributed by atoms with E-state index < -0.39 is 0 Å². The van der Waals surface area contributed by atoms with E-state index in [1.165, 1.54) is 0 Å². The highest BCUT2D eigenvalue weighted by atomic mass is 16.3. The van der Waals surface area contributed by atoms with Crippen LogP contribution in [-0.4, -0.2) is 17.8 Å². The van der Waals surface area contributed by atoms with Crippen molar-refractivity contribution in [2.75, 3.05) is 11.9 Å². The van der Waals surface area contributed by atoms with Crippen molar-refractivity contribution in [2.24, 2.45) is 0 Å². The lowest BCUT2D eigenvalue weighted by Crippen LogP contribution is -2.15. The first kappa shape index (κ1) is 9.56. The van der Waals surface area contributed by atoms with E-state index in [0.29, 0.717) is 12.1 Å². The minimum Gasteiger partial charge on any atom is -0.392 e. The zero-order valence-corrected chi connectivity index (χ0v) is 7.49. The Balaban J connectivity index is 2.63. The lowest BCUT2D eigenvalue weighted by molar-refractivity contribution is 0.208. The zero-order chi connectivity index (χ0) is 9.68. The summed E-state index contributed by atoms with van der Waals surface area (Å²) >= 11 is 0. The van der Waals surface area contributed by atoms with Crippen LogP contribution >= 0.6 is 0 Å². The molecule has 1 aromatic carbocycles. The van der Waals surface area contributed by atoms with E-state index in [1.807, 2.05) is 12.1 Å². The van der Waals surface area contributed by atoms with Gasteiger partial charge in [-0.1, -0.05) is 6.07 Å². The molecular formula is C10H12N2O. The largest absolute Gasteiger partial charge is 0.392 e. The minimum atomic E-state index is -0.384. The van der Waals surface area contributed by atoms with Gasteiger partial charge in [0.1, 0.15) is 0 Å². The highest BCUT2D eigenvalue weighted by molar-refractivity contribution is 5.49. The molecule has 0 saturated carbocycles. The van der Waals surface area contributed by atoms with Crippen molar-refractivity contribution in [3.63, 3.8) is 0 Å². The smallest absolute Gasteiger partial charge is 0.0992 e. The van der Waals surface area contributed by atoms with Gasteiger partial charge in [0.25, 0.3) is 0 Å². The number of aliphatic hydroxyl groups is 1. The van der Waals surface area contributed by atoms with Crippen molar-refractivity contribution in [1.29, 1.82) is 5.26 Å². The van der Waals surface area contributed by atoms with Crippen molar-refractivity contribution < 1.29 is 5.11 Å². The van der Waals surface area contributed by atoms with Gasteiger partial charge in [0, 0.05) is 12.2 Å². The molecule has 1 rings (SSSR count). The molecule has 0 bridgehead atoms. The molecule has 0 unspecified atom stereocenters. The first-order valence-corrected chi connectivity index (χ1v) is 4.14. The molecular weight excluding hydrogens is 164 g/mol. The lowest BCUT2D eigenvalue weighted by Gasteiger charge is -2.07. The average Bonchev–Trinajstić information content (AvgIpc) is 2.15. The van der Waals surface area contributed by atoms with Gasteiger partial charge in [-0.25, -0.2) is 0 Å². The molecule has 0 aliphatic rings. The SMILES string of the molecule is C[C@H](O)CNc1cccc(C#N)c1. The van der Waals surface area contributed by atoms with Crippen LogP contribution in [0.2, 0.25) is 0 Å². The van der Waals surface area contributed by atoms with E-state index in [4.69, 9.17) is 10.4 Å². The average molecular weight is 176 g/mol. The number of hydrogen-bond donors (Lipinski definition) is 2. The second-order valence-electron chi connectivity index (χ2n) is 2.92. The zero-order valence-electron chi connectivity index (χ0n) is 7.49. The predicted molar refractivity (Wildman–Crippen MR) is 51.3 cm³/mol. The van der Waals surface area contributed by atoms with E-state index in [9.17, 15) is 0 Å². The molecule has 0 aliphatic heterocycles. The fraction of sp³-hybridized carbons (Fsp3) is 0.300. The van der Waals surface area contributed by atoms with E-state index >= 15 is 0 Å². The molecule has 3 heteroatoms. The topological polar surface area (TPSA) is 56.0 Å². The number of nitrogens with one attached hydrogen (secondary N) is 1. The van der Waals surface area contributed by atoms with Crippen LogP contribution in [0.5, 0.6) is 0 Å². The highest BCUT2D eigenvalue weighted by Gasteiger charge is 1.96. The molecule has 1 aromatic rings. The molecule has 0 heterocycles. The normalized spacial score (nSPS) is 11.8. The van der Waals surface area contributed by atoms with Gasteiger partial charge in [-0.2, -0.15) is 5.26 Å². The van der Waals surface area contributed by atoms with Crippen LogP contribution in [0.3, 0.4) is 0 Å². The molecule has 3 nitrogen and oxygen atoms in total. The molecule has 0 aliphatic carbocycles. The summed E-state index contributed by atoms with van der Waals surface area (Å²) in [4.78, 5) is 0. The highest BCUT2D eigenvalue weighted by Crippen LogP contribution is 2.09. The fourth-order valence-corrected chi connectivity index (χ4v) is 0.964. The number of anilines is 1. The Morgan fingerprint density at radius 1 is 1.62 bits per heavy atom. The number of hydrogen-bond acceptors (Lipinski definition) is 3. The number of rotatable bonds is 3. The molecule has 0 saturated heterocycles. The van der Waals surface area contributed by atoms with E-state index in [2.05, 4.69) is 11.4 Å². The van der Waals surface area contributed by atoms with Crippen molar-refractivity contribution >= 4 is 5.69 Å². The molecule has 0 fully saturated rings. The molecule has 0 aromatic heterocycles. The first-order chi connectivity index (χ1) is 6.22. The summed E-state index contributed by atoms with van der Waals surface area (Å²) in [6.45, 7) is 2.20. The van der Waals surface area contributed by atoms with Gasteiger partial charge < -0.3 is 10.4 Å². The number of nitrogens with zero attached hydrogens (tertiary/aromatic N) is 1. The van der Waals surface area contributed by atoms with Gasteiger partial charge >= 0.3 is 0 Å². The monoisotopic (exact) mass is 176 g/mol. The Labute approximate surface area is 77.6 Å². The Kier molecular flexibility index (Phi) is 3.30. The standard InChI is InChI=1S/C10H12N2O/c1-8(13)7-12-10-4-2-3-9(5-10)6-11/h2-5,8,12-13H,7H2,1H3/t8-/m0/s1. The third kappa shape index (κ3) is 3.14. The van der Waals surface area contributed by atoms with Gasteiger partial charge in [-0.15, -0.1) is 0 Å². The van der Waals surface area contributed by atoms with Crippen molar-refractivity contribution in [1.82, 2.24) is 0 Å². The van der Waals surface area contributed by atoms with Gasteiger partial charge in [-0.3, -0.25) is 0 Å². The second-order valence-corrected chi connectivity index (χ2v) is 2.92. The van der Waals surface area contributed by atoms with Crippen LogP contribution in [0.1, 0.15) is 12.5 Å². The Bertz CT molecular complexity index is 315. The number of benzene rings is 1. The number of aliphatic hydroxyl groups excluding tert-OH is 1. The third-order valence-corrected chi connectivity index (χ3v) is 1.59.